The molecule has 0 saturated carbocycles. The molecule has 0 spiro atoms. The zero-order chi connectivity index (χ0) is 17.8. The summed E-state index contributed by atoms with van der Waals surface area (Å²) in [4.78, 5) is 11.1. The van der Waals surface area contributed by atoms with E-state index in [4.69, 9.17) is 15.6 Å². The van der Waals surface area contributed by atoms with E-state index in [0.717, 1.165) is 11.1 Å². The number of rotatable bonds is 5. The molecule has 0 aliphatic carbocycles. The molecular weight excluding hydrogens is 304 g/mol. The molecule has 0 bridgehead atoms. The summed E-state index contributed by atoms with van der Waals surface area (Å²) in [5.41, 5.74) is 2.05. The number of carbonyl (C=O) groups excluding carboxylic acids is 1. The van der Waals surface area contributed by atoms with Crippen LogP contribution in [-0.4, -0.2) is 20.4 Å². The first kappa shape index (κ1) is 19.5. The molecule has 0 saturated heterocycles. The Morgan fingerprint density at radius 3 is 2.39 bits per heavy atom. The highest BCUT2D eigenvalue weighted by molar-refractivity contribution is 6.74. The summed E-state index contributed by atoms with van der Waals surface area (Å²) in [6.45, 7) is 14.3. The summed E-state index contributed by atoms with van der Waals surface area (Å²) >= 11 is 0. The number of benzene rings is 1. The summed E-state index contributed by atoms with van der Waals surface area (Å²) in [5.74, 6) is 2.99. The molecule has 1 aromatic rings. The molecule has 0 amide bonds. The molecule has 0 radical (unpaired) electrons. The lowest BCUT2D eigenvalue weighted by Gasteiger charge is -2.38. The molecule has 0 fully saturated rings. The molecule has 0 aliphatic rings. The van der Waals surface area contributed by atoms with Crippen LogP contribution in [0.4, 0.5) is 0 Å². The molecule has 0 aromatic heterocycles. The predicted octanol–water partition coefficient (Wildman–Crippen LogP) is 4.49. The first-order valence-electron chi connectivity index (χ1n) is 7.87. The zero-order valence-corrected chi connectivity index (χ0v) is 16.3. The van der Waals surface area contributed by atoms with Gasteiger partial charge in [0.25, 0.3) is 0 Å². The molecule has 0 heterocycles. The first-order chi connectivity index (χ1) is 10.4. The van der Waals surface area contributed by atoms with Crippen molar-refractivity contribution >= 4 is 14.3 Å². The molecule has 1 atom stereocenters. The van der Waals surface area contributed by atoms with Crippen LogP contribution in [0.2, 0.25) is 18.1 Å². The van der Waals surface area contributed by atoms with Crippen LogP contribution in [0.1, 0.15) is 38.8 Å². The van der Waals surface area contributed by atoms with Crippen LogP contribution >= 0.6 is 0 Å². The minimum Gasteiger partial charge on any atom is -0.427 e. The van der Waals surface area contributed by atoms with Gasteiger partial charge in [-0.25, -0.2) is 0 Å². The van der Waals surface area contributed by atoms with Crippen LogP contribution in [0.15, 0.2) is 18.2 Å². The van der Waals surface area contributed by atoms with Gasteiger partial charge in [-0.1, -0.05) is 32.8 Å². The third-order valence-corrected chi connectivity index (χ3v) is 8.71. The molecule has 1 unspecified atom stereocenters. The second-order valence-electron chi connectivity index (χ2n) is 7.49. The van der Waals surface area contributed by atoms with E-state index in [-0.39, 0.29) is 17.1 Å². The SMILES string of the molecule is C#CC(Cc1cc(C)cc(OC(C)=O)c1)O[Si](C)(C)C(C)(C)C. The number of ether oxygens (including phenoxy) is 1. The van der Waals surface area contributed by atoms with Crippen molar-refractivity contribution in [3.63, 3.8) is 0 Å². The highest BCUT2D eigenvalue weighted by atomic mass is 28.4. The van der Waals surface area contributed by atoms with Crippen molar-refractivity contribution in [3.05, 3.63) is 29.3 Å². The van der Waals surface area contributed by atoms with Gasteiger partial charge in [0, 0.05) is 13.3 Å². The average molecular weight is 333 g/mol. The van der Waals surface area contributed by atoms with E-state index >= 15 is 0 Å². The van der Waals surface area contributed by atoms with E-state index in [2.05, 4.69) is 39.8 Å². The fraction of sp³-hybridized carbons (Fsp3) is 0.526. The second-order valence-corrected chi connectivity index (χ2v) is 12.2. The second kappa shape index (κ2) is 7.33. The lowest BCUT2D eigenvalue weighted by molar-refractivity contribution is -0.131. The number of carbonyl (C=O) groups is 1. The summed E-state index contributed by atoms with van der Waals surface area (Å²) in [7, 11) is -1.92. The Kier molecular flexibility index (Phi) is 6.21. The van der Waals surface area contributed by atoms with Crippen molar-refractivity contribution in [2.45, 2.75) is 65.3 Å². The van der Waals surface area contributed by atoms with Crippen molar-refractivity contribution in [2.24, 2.45) is 0 Å². The van der Waals surface area contributed by atoms with Gasteiger partial charge in [-0.2, -0.15) is 0 Å². The van der Waals surface area contributed by atoms with Crippen LogP contribution in [0.3, 0.4) is 0 Å². The van der Waals surface area contributed by atoms with Gasteiger partial charge in [0.2, 0.25) is 0 Å². The van der Waals surface area contributed by atoms with Crippen LogP contribution in [-0.2, 0) is 15.6 Å². The minimum absolute atomic E-state index is 0.109. The Balaban J connectivity index is 2.94. The van der Waals surface area contributed by atoms with E-state index in [9.17, 15) is 4.79 Å². The minimum atomic E-state index is -1.92. The highest BCUT2D eigenvalue weighted by Gasteiger charge is 2.38. The van der Waals surface area contributed by atoms with Crippen molar-refractivity contribution in [2.75, 3.05) is 0 Å². The molecular formula is C19H28O3Si. The van der Waals surface area contributed by atoms with Gasteiger partial charge in [-0.3, -0.25) is 4.79 Å². The maximum Gasteiger partial charge on any atom is 0.308 e. The topological polar surface area (TPSA) is 35.5 Å². The summed E-state index contributed by atoms with van der Waals surface area (Å²) in [6.07, 6.45) is 6.02. The number of aryl methyl sites for hydroxylation is 1. The fourth-order valence-corrected chi connectivity index (χ4v) is 3.26. The lowest BCUT2D eigenvalue weighted by Crippen LogP contribution is -2.44. The van der Waals surface area contributed by atoms with E-state index in [1.165, 1.54) is 6.92 Å². The molecule has 3 nitrogen and oxygen atoms in total. The van der Waals surface area contributed by atoms with Crippen molar-refractivity contribution in [3.8, 4) is 18.1 Å². The van der Waals surface area contributed by atoms with Crippen LogP contribution in [0.5, 0.6) is 5.75 Å². The normalized spacial score (nSPS) is 13.3. The molecule has 0 aliphatic heterocycles. The fourth-order valence-electron chi connectivity index (χ4n) is 2.05. The largest absolute Gasteiger partial charge is 0.427 e. The average Bonchev–Trinajstić information content (AvgIpc) is 2.34. The first-order valence-corrected chi connectivity index (χ1v) is 10.8. The Hall–Kier alpha value is -1.57. The van der Waals surface area contributed by atoms with Gasteiger partial charge in [0.1, 0.15) is 11.9 Å². The van der Waals surface area contributed by atoms with Crippen LogP contribution < -0.4 is 4.74 Å². The maximum absolute atomic E-state index is 11.1. The monoisotopic (exact) mass is 332 g/mol. The lowest BCUT2D eigenvalue weighted by atomic mass is 10.1. The van der Waals surface area contributed by atoms with Gasteiger partial charge < -0.3 is 9.16 Å². The van der Waals surface area contributed by atoms with Gasteiger partial charge in [-0.05, 0) is 48.3 Å². The summed E-state index contributed by atoms with van der Waals surface area (Å²) in [6, 6.07) is 5.74. The van der Waals surface area contributed by atoms with Crippen molar-refractivity contribution < 1.29 is 14.0 Å². The van der Waals surface area contributed by atoms with E-state index in [1.54, 1.807) is 0 Å². The van der Waals surface area contributed by atoms with Crippen LogP contribution in [0, 0.1) is 19.3 Å². The van der Waals surface area contributed by atoms with Gasteiger partial charge in [0.15, 0.2) is 8.32 Å². The Labute approximate surface area is 141 Å². The number of terminal acetylenes is 1. The van der Waals surface area contributed by atoms with Gasteiger partial charge >= 0.3 is 5.97 Å². The summed E-state index contributed by atoms with van der Waals surface area (Å²) in [5, 5.41) is 0.109. The smallest absolute Gasteiger partial charge is 0.308 e. The van der Waals surface area contributed by atoms with Gasteiger partial charge in [-0.15, -0.1) is 6.42 Å². The van der Waals surface area contributed by atoms with Gasteiger partial charge in [0.05, 0.1) is 0 Å². The summed E-state index contributed by atoms with van der Waals surface area (Å²) < 4.78 is 11.5. The third kappa shape index (κ3) is 5.85. The molecule has 0 N–H and O–H groups in total. The van der Waals surface area contributed by atoms with E-state index in [1.807, 2.05) is 25.1 Å². The third-order valence-electron chi connectivity index (χ3n) is 4.22. The Bertz CT molecular complexity index is 606. The predicted molar refractivity (Wildman–Crippen MR) is 97.1 cm³/mol. The van der Waals surface area contributed by atoms with E-state index < -0.39 is 8.32 Å². The molecule has 23 heavy (non-hydrogen) atoms. The number of hydrogen-bond donors (Lipinski definition) is 0. The maximum atomic E-state index is 11.1. The number of hydrogen-bond acceptors (Lipinski definition) is 3. The molecule has 1 rings (SSSR count). The quantitative estimate of drug-likeness (QED) is 0.345. The molecule has 4 heteroatoms. The van der Waals surface area contributed by atoms with Crippen molar-refractivity contribution in [1.29, 1.82) is 0 Å². The standard InChI is InChI=1S/C19H28O3Si/c1-9-17(22-23(7,8)19(4,5)6)12-16-10-14(2)11-18(13-16)21-15(3)20/h1,10-11,13,17H,12H2,2-8H3. The number of esters is 1. The zero-order valence-electron chi connectivity index (χ0n) is 15.3. The molecule has 1 aromatic carbocycles. The van der Waals surface area contributed by atoms with Crippen LogP contribution in [0.25, 0.3) is 0 Å². The molecule has 126 valence electrons. The Morgan fingerprint density at radius 2 is 1.91 bits per heavy atom. The van der Waals surface area contributed by atoms with E-state index in [0.29, 0.717) is 12.2 Å². The highest BCUT2D eigenvalue weighted by Crippen LogP contribution is 2.37. The van der Waals surface area contributed by atoms with Crippen molar-refractivity contribution in [1.82, 2.24) is 0 Å². The Morgan fingerprint density at radius 1 is 1.30 bits per heavy atom.